The van der Waals surface area contributed by atoms with Crippen LogP contribution in [0.2, 0.25) is 0 Å². The fourth-order valence-electron chi connectivity index (χ4n) is 2.07. The van der Waals surface area contributed by atoms with Crippen LogP contribution in [0, 0.1) is 6.92 Å². The van der Waals surface area contributed by atoms with Crippen LogP contribution < -0.4 is 5.73 Å². The van der Waals surface area contributed by atoms with E-state index in [9.17, 15) is 0 Å². The summed E-state index contributed by atoms with van der Waals surface area (Å²) >= 11 is 1.68. The summed E-state index contributed by atoms with van der Waals surface area (Å²) in [6, 6.07) is 5.51. The van der Waals surface area contributed by atoms with Crippen LogP contribution in [0.1, 0.15) is 16.5 Å². The van der Waals surface area contributed by atoms with Crippen molar-refractivity contribution in [3.63, 3.8) is 0 Å². The number of aryl methyl sites for hydroxylation is 1. The summed E-state index contributed by atoms with van der Waals surface area (Å²) in [5.41, 5.74) is 11.0. The Bertz CT molecular complexity index is 734. The van der Waals surface area contributed by atoms with Crippen molar-refractivity contribution in [3.05, 3.63) is 40.2 Å². The van der Waals surface area contributed by atoms with Gasteiger partial charge in [0.15, 0.2) is 5.58 Å². The number of fused-ring (bicyclic) bond motifs is 1. The average molecular weight is 288 g/mol. The molecule has 0 unspecified atom stereocenters. The molecule has 0 aliphatic rings. The van der Waals surface area contributed by atoms with Crippen LogP contribution in [-0.4, -0.2) is 21.9 Å². The Morgan fingerprint density at radius 3 is 2.95 bits per heavy atom. The maximum atomic E-state index is 5.74. The first-order valence-corrected chi connectivity index (χ1v) is 7.22. The number of nitrogens with two attached hydrogens (primary N) is 1. The second kappa shape index (κ2) is 5.22. The molecule has 0 saturated carbocycles. The molecule has 104 valence electrons. The van der Waals surface area contributed by atoms with Crippen LogP contribution in [0.25, 0.3) is 11.1 Å². The van der Waals surface area contributed by atoms with Crippen LogP contribution in [0.5, 0.6) is 0 Å². The van der Waals surface area contributed by atoms with E-state index in [0.29, 0.717) is 18.1 Å². The highest BCUT2D eigenvalue weighted by molar-refractivity contribution is 7.09. The summed E-state index contributed by atoms with van der Waals surface area (Å²) in [5.74, 6) is 0.704. The molecule has 2 aromatic heterocycles. The molecule has 5 nitrogen and oxygen atoms in total. The molecule has 0 radical (unpaired) electrons. The van der Waals surface area contributed by atoms with Gasteiger partial charge in [-0.15, -0.1) is 11.3 Å². The van der Waals surface area contributed by atoms with Crippen molar-refractivity contribution in [2.75, 3.05) is 12.8 Å². The number of aromatic nitrogens is 2. The van der Waals surface area contributed by atoms with E-state index in [4.69, 9.17) is 10.2 Å². The van der Waals surface area contributed by atoms with Crippen molar-refractivity contribution in [3.8, 4) is 0 Å². The number of anilines is 1. The maximum Gasteiger partial charge on any atom is 0.209 e. The number of nitrogen functional groups attached to an aromatic ring is 1. The third kappa shape index (κ3) is 2.66. The summed E-state index contributed by atoms with van der Waals surface area (Å²) in [6.07, 6.45) is 0. The first-order valence-electron chi connectivity index (χ1n) is 6.34. The molecule has 0 aliphatic carbocycles. The standard InChI is InChI=1S/C14H16N4OS/c1-9-13(20-8-16-9)6-18(2)7-14-17-11-5-10(15)3-4-12(11)19-14/h3-5,8H,6-7,15H2,1-2H3. The monoisotopic (exact) mass is 288 g/mol. The summed E-state index contributed by atoms with van der Waals surface area (Å²) in [4.78, 5) is 12.2. The zero-order chi connectivity index (χ0) is 14.1. The fraction of sp³-hybridized carbons (Fsp3) is 0.286. The van der Waals surface area contributed by atoms with Gasteiger partial charge in [-0.05, 0) is 32.2 Å². The first-order chi connectivity index (χ1) is 9.61. The van der Waals surface area contributed by atoms with Crippen LogP contribution in [0.15, 0.2) is 28.1 Å². The highest BCUT2D eigenvalue weighted by Gasteiger charge is 2.11. The van der Waals surface area contributed by atoms with E-state index in [1.165, 1.54) is 4.88 Å². The quantitative estimate of drug-likeness (QED) is 0.748. The zero-order valence-electron chi connectivity index (χ0n) is 11.5. The lowest BCUT2D eigenvalue weighted by atomic mass is 10.3. The SMILES string of the molecule is Cc1ncsc1CN(C)Cc1nc2cc(N)ccc2o1. The first kappa shape index (κ1) is 13.1. The van der Waals surface area contributed by atoms with E-state index in [1.807, 2.05) is 37.7 Å². The van der Waals surface area contributed by atoms with E-state index < -0.39 is 0 Å². The van der Waals surface area contributed by atoms with Crippen molar-refractivity contribution in [1.29, 1.82) is 0 Å². The van der Waals surface area contributed by atoms with E-state index in [-0.39, 0.29) is 0 Å². The molecule has 0 fully saturated rings. The maximum absolute atomic E-state index is 5.74. The molecule has 0 spiro atoms. The van der Waals surface area contributed by atoms with E-state index >= 15 is 0 Å². The van der Waals surface area contributed by atoms with Crippen molar-refractivity contribution in [2.24, 2.45) is 0 Å². The van der Waals surface area contributed by atoms with Gasteiger partial charge in [0.1, 0.15) is 5.52 Å². The molecule has 0 amide bonds. The second-order valence-corrected chi connectivity index (χ2v) is 5.81. The Labute approximate surface area is 121 Å². The Hall–Kier alpha value is -1.92. The number of thiazole rings is 1. The Morgan fingerprint density at radius 2 is 2.20 bits per heavy atom. The topological polar surface area (TPSA) is 68.2 Å². The minimum Gasteiger partial charge on any atom is -0.439 e. The molecule has 3 aromatic rings. The molecule has 3 rings (SSSR count). The molecule has 0 bridgehead atoms. The average Bonchev–Trinajstić information content (AvgIpc) is 2.95. The lowest BCUT2D eigenvalue weighted by molar-refractivity contribution is 0.287. The summed E-state index contributed by atoms with van der Waals surface area (Å²) < 4.78 is 5.72. The van der Waals surface area contributed by atoms with Gasteiger partial charge in [0.05, 0.1) is 17.7 Å². The normalized spacial score (nSPS) is 11.6. The van der Waals surface area contributed by atoms with Gasteiger partial charge in [-0.25, -0.2) is 9.97 Å². The van der Waals surface area contributed by atoms with Crippen LogP contribution >= 0.6 is 11.3 Å². The third-order valence-corrected chi connectivity index (χ3v) is 4.04. The van der Waals surface area contributed by atoms with E-state index in [1.54, 1.807) is 11.3 Å². The molecule has 0 aliphatic heterocycles. The number of hydrogen-bond acceptors (Lipinski definition) is 6. The van der Waals surface area contributed by atoms with Gasteiger partial charge in [-0.2, -0.15) is 0 Å². The molecular weight excluding hydrogens is 272 g/mol. The van der Waals surface area contributed by atoms with E-state index in [2.05, 4.69) is 14.9 Å². The van der Waals surface area contributed by atoms with Crippen molar-refractivity contribution in [1.82, 2.24) is 14.9 Å². The number of nitrogens with zero attached hydrogens (tertiary/aromatic N) is 3. The number of rotatable bonds is 4. The smallest absolute Gasteiger partial charge is 0.209 e. The van der Waals surface area contributed by atoms with Gasteiger partial charge in [0, 0.05) is 17.1 Å². The van der Waals surface area contributed by atoms with Crippen LogP contribution in [-0.2, 0) is 13.1 Å². The summed E-state index contributed by atoms with van der Waals surface area (Å²) in [7, 11) is 2.04. The van der Waals surface area contributed by atoms with Crippen molar-refractivity contribution >= 4 is 28.1 Å². The molecule has 6 heteroatoms. The number of hydrogen-bond donors (Lipinski definition) is 1. The summed E-state index contributed by atoms with van der Waals surface area (Å²) in [6.45, 7) is 3.53. The van der Waals surface area contributed by atoms with Crippen LogP contribution in [0.4, 0.5) is 5.69 Å². The molecule has 20 heavy (non-hydrogen) atoms. The predicted octanol–water partition coefficient (Wildman–Crippen LogP) is 2.81. The van der Waals surface area contributed by atoms with Gasteiger partial charge in [-0.1, -0.05) is 0 Å². The van der Waals surface area contributed by atoms with Gasteiger partial charge in [-0.3, -0.25) is 4.90 Å². The van der Waals surface area contributed by atoms with Crippen molar-refractivity contribution in [2.45, 2.75) is 20.0 Å². The lowest BCUT2D eigenvalue weighted by Gasteiger charge is -2.13. The Balaban J connectivity index is 1.74. The van der Waals surface area contributed by atoms with Gasteiger partial charge >= 0.3 is 0 Å². The Kier molecular flexibility index (Phi) is 3.42. The minimum absolute atomic E-state index is 0.659. The highest BCUT2D eigenvalue weighted by atomic mass is 32.1. The highest BCUT2D eigenvalue weighted by Crippen LogP contribution is 2.20. The number of benzene rings is 1. The minimum atomic E-state index is 0.659. The van der Waals surface area contributed by atoms with Gasteiger partial charge in [0.2, 0.25) is 5.89 Å². The van der Waals surface area contributed by atoms with E-state index in [0.717, 1.165) is 23.3 Å². The molecular formula is C14H16N4OS. The molecule has 1 aromatic carbocycles. The predicted molar refractivity (Wildman–Crippen MR) is 80.4 cm³/mol. The third-order valence-electron chi connectivity index (χ3n) is 3.12. The second-order valence-electron chi connectivity index (χ2n) is 4.87. The van der Waals surface area contributed by atoms with Crippen LogP contribution in [0.3, 0.4) is 0 Å². The molecule has 0 atom stereocenters. The Morgan fingerprint density at radius 1 is 1.35 bits per heavy atom. The molecule has 0 saturated heterocycles. The van der Waals surface area contributed by atoms with Gasteiger partial charge in [0.25, 0.3) is 0 Å². The van der Waals surface area contributed by atoms with Gasteiger partial charge < -0.3 is 10.2 Å². The molecule has 2 N–H and O–H groups in total. The summed E-state index contributed by atoms with van der Waals surface area (Å²) in [5, 5.41) is 0. The largest absolute Gasteiger partial charge is 0.439 e. The fourth-order valence-corrected chi connectivity index (χ4v) is 2.93. The molecule has 2 heterocycles. The zero-order valence-corrected chi connectivity index (χ0v) is 12.3. The lowest BCUT2D eigenvalue weighted by Crippen LogP contribution is -2.17. The number of oxazole rings is 1. The van der Waals surface area contributed by atoms with Crippen molar-refractivity contribution < 1.29 is 4.42 Å².